The summed E-state index contributed by atoms with van der Waals surface area (Å²) in [6, 6.07) is 7.93. The van der Waals surface area contributed by atoms with Crippen LogP contribution < -0.4 is 5.32 Å². The van der Waals surface area contributed by atoms with E-state index in [4.69, 9.17) is 11.6 Å². The number of carbonyl (C=O) groups is 1. The molecule has 0 spiro atoms. The Bertz CT molecular complexity index is 881. The number of nitrogens with one attached hydrogen (secondary N) is 1. The lowest BCUT2D eigenvalue weighted by Crippen LogP contribution is -2.42. The third-order valence-electron chi connectivity index (χ3n) is 5.39. The van der Waals surface area contributed by atoms with Gasteiger partial charge in [0.25, 0.3) is 0 Å². The SMILES string of the molecule is CCC1(c2ccc(Cl)cc2)C2=C(CC(C)(C)CC2=O)Nc2ncsc21. The second-order valence-corrected chi connectivity index (χ2v) is 9.01. The quantitative estimate of drug-likeness (QED) is 0.750. The molecule has 2 aromatic rings. The van der Waals surface area contributed by atoms with Crippen LogP contribution in [-0.2, 0) is 10.2 Å². The van der Waals surface area contributed by atoms with Crippen molar-refractivity contribution in [3.63, 3.8) is 0 Å². The number of hydrogen-bond donors (Lipinski definition) is 1. The molecule has 0 fully saturated rings. The van der Waals surface area contributed by atoms with Crippen LogP contribution in [0.25, 0.3) is 0 Å². The highest BCUT2D eigenvalue weighted by molar-refractivity contribution is 7.10. The van der Waals surface area contributed by atoms with E-state index in [1.165, 1.54) is 0 Å². The molecule has 130 valence electrons. The summed E-state index contributed by atoms with van der Waals surface area (Å²) in [7, 11) is 0. The smallest absolute Gasteiger partial charge is 0.162 e. The highest BCUT2D eigenvalue weighted by atomic mass is 35.5. The van der Waals surface area contributed by atoms with Crippen molar-refractivity contribution in [1.82, 2.24) is 4.98 Å². The van der Waals surface area contributed by atoms with Crippen molar-refractivity contribution in [2.24, 2.45) is 5.41 Å². The molecule has 1 atom stereocenters. The second kappa shape index (κ2) is 5.68. The molecule has 0 radical (unpaired) electrons. The molecule has 0 saturated carbocycles. The van der Waals surface area contributed by atoms with Crippen LogP contribution in [0.4, 0.5) is 5.82 Å². The van der Waals surface area contributed by atoms with Crippen LogP contribution in [0.1, 0.15) is 50.5 Å². The van der Waals surface area contributed by atoms with Gasteiger partial charge in [0, 0.05) is 22.7 Å². The molecule has 1 aliphatic carbocycles. The zero-order chi connectivity index (χ0) is 17.8. The molecule has 1 N–H and O–H groups in total. The van der Waals surface area contributed by atoms with Crippen molar-refractivity contribution in [3.8, 4) is 0 Å². The van der Waals surface area contributed by atoms with E-state index in [2.05, 4.69) is 43.2 Å². The number of Topliss-reactive ketones (excluding diaryl/α,β-unsaturated/α-hetero) is 1. The first kappa shape index (κ1) is 16.8. The van der Waals surface area contributed by atoms with E-state index in [1.54, 1.807) is 11.3 Å². The number of ketones is 1. The topological polar surface area (TPSA) is 42.0 Å². The van der Waals surface area contributed by atoms with E-state index >= 15 is 0 Å². The third kappa shape index (κ3) is 2.46. The molecule has 1 unspecified atom stereocenters. The number of halogens is 1. The van der Waals surface area contributed by atoms with Crippen LogP contribution >= 0.6 is 22.9 Å². The van der Waals surface area contributed by atoms with Gasteiger partial charge in [-0.1, -0.05) is 44.5 Å². The van der Waals surface area contributed by atoms with Gasteiger partial charge in [0.1, 0.15) is 5.82 Å². The molecule has 0 saturated heterocycles. The van der Waals surface area contributed by atoms with Crippen molar-refractivity contribution < 1.29 is 4.79 Å². The Hall–Kier alpha value is -1.65. The van der Waals surface area contributed by atoms with Crippen LogP contribution in [0, 0.1) is 5.41 Å². The van der Waals surface area contributed by atoms with E-state index in [-0.39, 0.29) is 11.2 Å². The maximum Gasteiger partial charge on any atom is 0.162 e. The Morgan fingerprint density at radius 1 is 1.24 bits per heavy atom. The van der Waals surface area contributed by atoms with E-state index in [0.717, 1.165) is 40.4 Å². The number of rotatable bonds is 2. The van der Waals surface area contributed by atoms with E-state index < -0.39 is 5.41 Å². The summed E-state index contributed by atoms with van der Waals surface area (Å²) >= 11 is 7.74. The lowest BCUT2D eigenvalue weighted by atomic mass is 9.62. The monoisotopic (exact) mass is 372 g/mol. The Morgan fingerprint density at radius 3 is 2.64 bits per heavy atom. The molecule has 4 rings (SSSR count). The molecule has 5 heteroatoms. The van der Waals surface area contributed by atoms with Gasteiger partial charge in [0.2, 0.25) is 0 Å². The van der Waals surface area contributed by atoms with Gasteiger partial charge in [-0.05, 0) is 36.0 Å². The fourth-order valence-electron chi connectivity index (χ4n) is 4.37. The van der Waals surface area contributed by atoms with Crippen LogP contribution in [0.2, 0.25) is 5.02 Å². The zero-order valence-corrected chi connectivity index (χ0v) is 16.2. The summed E-state index contributed by atoms with van der Waals surface area (Å²) in [5, 5.41) is 4.17. The van der Waals surface area contributed by atoms with Gasteiger partial charge in [-0.25, -0.2) is 4.98 Å². The molecule has 0 bridgehead atoms. The second-order valence-electron chi connectivity index (χ2n) is 7.72. The molecule has 0 amide bonds. The molecular weight excluding hydrogens is 352 g/mol. The van der Waals surface area contributed by atoms with Gasteiger partial charge in [-0.3, -0.25) is 4.79 Å². The summed E-state index contributed by atoms with van der Waals surface area (Å²) in [6.07, 6.45) is 2.26. The van der Waals surface area contributed by atoms with Crippen LogP contribution in [0.5, 0.6) is 0 Å². The van der Waals surface area contributed by atoms with E-state index in [9.17, 15) is 4.79 Å². The van der Waals surface area contributed by atoms with Crippen LogP contribution in [-0.4, -0.2) is 10.8 Å². The zero-order valence-electron chi connectivity index (χ0n) is 14.6. The normalized spacial score (nSPS) is 24.6. The lowest BCUT2D eigenvalue weighted by molar-refractivity contribution is -0.118. The summed E-state index contributed by atoms with van der Waals surface area (Å²) in [4.78, 5) is 18.9. The van der Waals surface area contributed by atoms with Gasteiger partial charge in [-0.2, -0.15) is 0 Å². The van der Waals surface area contributed by atoms with Crippen molar-refractivity contribution in [2.45, 2.75) is 45.4 Å². The van der Waals surface area contributed by atoms with Crippen molar-refractivity contribution in [1.29, 1.82) is 0 Å². The Balaban J connectivity index is 2.01. The summed E-state index contributed by atoms with van der Waals surface area (Å²) in [5.41, 5.74) is 4.48. The van der Waals surface area contributed by atoms with Gasteiger partial charge >= 0.3 is 0 Å². The maximum atomic E-state index is 13.3. The van der Waals surface area contributed by atoms with Gasteiger partial charge in [0.05, 0.1) is 15.8 Å². The molecule has 1 aromatic carbocycles. The fourth-order valence-corrected chi connectivity index (χ4v) is 5.54. The number of carbonyl (C=O) groups excluding carboxylic acids is 1. The summed E-state index contributed by atoms with van der Waals surface area (Å²) < 4.78 is 0. The highest BCUT2D eigenvalue weighted by Gasteiger charge is 2.50. The number of thiazole rings is 1. The van der Waals surface area contributed by atoms with Gasteiger partial charge in [-0.15, -0.1) is 11.3 Å². The Morgan fingerprint density at radius 2 is 1.96 bits per heavy atom. The number of allylic oxidation sites excluding steroid dienone is 2. The number of aromatic nitrogens is 1. The maximum absolute atomic E-state index is 13.3. The minimum absolute atomic E-state index is 0.0318. The summed E-state index contributed by atoms with van der Waals surface area (Å²) in [5.74, 6) is 1.14. The summed E-state index contributed by atoms with van der Waals surface area (Å²) in [6.45, 7) is 6.47. The average molecular weight is 373 g/mol. The molecule has 1 aromatic heterocycles. The lowest BCUT2D eigenvalue weighted by Gasteiger charge is -2.44. The minimum atomic E-state index is -0.435. The first-order valence-electron chi connectivity index (χ1n) is 8.61. The first-order valence-corrected chi connectivity index (χ1v) is 9.87. The highest BCUT2D eigenvalue weighted by Crippen LogP contribution is 2.55. The number of anilines is 1. The fraction of sp³-hybridized carbons (Fsp3) is 0.400. The third-order valence-corrected chi connectivity index (χ3v) is 6.63. The van der Waals surface area contributed by atoms with E-state index in [1.807, 2.05) is 17.6 Å². The Kier molecular flexibility index (Phi) is 3.82. The number of benzene rings is 1. The molecule has 2 heterocycles. The number of hydrogen-bond acceptors (Lipinski definition) is 4. The molecular formula is C20H21ClN2OS. The van der Waals surface area contributed by atoms with Crippen molar-refractivity contribution >= 4 is 34.5 Å². The average Bonchev–Trinajstić information content (AvgIpc) is 3.01. The molecule has 25 heavy (non-hydrogen) atoms. The minimum Gasteiger partial charge on any atom is -0.342 e. The van der Waals surface area contributed by atoms with Crippen molar-refractivity contribution in [2.75, 3.05) is 5.32 Å². The Labute approximate surface area is 157 Å². The molecule has 3 nitrogen and oxygen atoms in total. The van der Waals surface area contributed by atoms with Gasteiger partial charge in [0.15, 0.2) is 5.78 Å². The number of fused-ring (bicyclic) bond motifs is 1. The molecule has 1 aliphatic heterocycles. The van der Waals surface area contributed by atoms with Gasteiger partial charge < -0.3 is 5.32 Å². The van der Waals surface area contributed by atoms with Crippen molar-refractivity contribution in [3.05, 3.63) is 56.5 Å². The number of nitrogens with zero attached hydrogens (tertiary/aromatic N) is 1. The predicted octanol–water partition coefficient (Wildman–Crippen LogP) is 5.56. The largest absolute Gasteiger partial charge is 0.342 e. The van der Waals surface area contributed by atoms with Crippen LogP contribution in [0.15, 0.2) is 41.0 Å². The first-order chi connectivity index (χ1) is 11.9. The predicted molar refractivity (Wildman–Crippen MR) is 103 cm³/mol. The molecule has 2 aliphatic rings. The van der Waals surface area contributed by atoms with Crippen LogP contribution in [0.3, 0.4) is 0 Å². The van der Waals surface area contributed by atoms with E-state index in [0.29, 0.717) is 11.4 Å². The standard InChI is InChI=1S/C20H21ClN2OS/c1-4-20(12-5-7-13(21)8-6-12)16-14(9-19(2,3)10-15(16)24)23-18-17(20)25-11-22-18/h5-8,11,23H,4,9-10H2,1-3H3.